The second-order valence-electron chi connectivity index (χ2n) is 4.78. The van der Waals surface area contributed by atoms with Crippen LogP contribution in [0.3, 0.4) is 0 Å². The lowest BCUT2D eigenvalue weighted by Crippen LogP contribution is -2.30. The van der Waals surface area contributed by atoms with Crippen LogP contribution in [0.1, 0.15) is 24.4 Å². The van der Waals surface area contributed by atoms with Gasteiger partial charge in [-0.15, -0.1) is 0 Å². The largest absolute Gasteiger partial charge is 0.243 e. The number of benzene rings is 1. The van der Waals surface area contributed by atoms with Crippen LogP contribution in [0.15, 0.2) is 46.0 Å². The van der Waals surface area contributed by atoms with Crippen LogP contribution in [0.5, 0.6) is 0 Å². The summed E-state index contributed by atoms with van der Waals surface area (Å²) in [6.45, 7) is 0.514. The normalized spacial score (nSPS) is 20.4. The third-order valence-corrected chi connectivity index (χ3v) is 6.18. The third kappa shape index (κ3) is 2.39. The Morgan fingerprint density at radius 3 is 2.60 bits per heavy atom. The van der Waals surface area contributed by atoms with Gasteiger partial charge >= 0.3 is 0 Å². The predicted molar refractivity (Wildman–Crippen MR) is 76.6 cm³/mol. The van der Waals surface area contributed by atoms with Gasteiger partial charge in [-0.3, -0.25) is 0 Å². The number of thiophene rings is 1. The lowest BCUT2D eigenvalue weighted by Gasteiger charge is -2.23. The molecule has 1 fully saturated rings. The molecule has 0 N–H and O–H groups in total. The van der Waals surface area contributed by atoms with E-state index in [0.717, 1.165) is 18.4 Å². The molecule has 0 saturated carbocycles. The smallest absolute Gasteiger partial charge is 0.207 e. The Morgan fingerprint density at radius 1 is 1.20 bits per heavy atom. The van der Waals surface area contributed by atoms with Gasteiger partial charge in [0, 0.05) is 6.54 Å². The lowest BCUT2D eigenvalue weighted by molar-refractivity contribution is 0.397. The molecule has 1 aliphatic heterocycles. The monoisotopic (exact) mass is 311 g/mol. The van der Waals surface area contributed by atoms with Crippen LogP contribution in [0, 0.1) is 5.82 Å². The van der Waals surface area contributed by atoms with Crippen molar-refractivity contribution in [2.45, 2.75) is 23.8 Å². The molecule has 0 amide bonds. The molecule has 6 heteroatoms. The van der Waals surface area contributed by atoms with Crippen LogP contribution in [0.25, 0.3) is 0 Å². The molecular weight excluding hydrogens is 297 g/mol. The Hall–Kier alpha value is -1.24. The highest BCUT2D eigenvalue weighted by Crippen LogP contribution is 2.37. The zero-order chi connectivity index (χ0) is 14.2. The van der Waals surface area contributed by atoms with Crippen LogP contribution in [-0.4, -0.2) is 19.3 Å². The number of halogens is 1. The molecule has 0 bridgehead atoms. The molecule has 1 aliphatic rings. The SMILES string of the molecule is O=S(=O)(c1ccc(F)cc1)N1CCCC1c1ccsc1. The fraction of sp³-hybridized carbons (Fsp3) is 0.286. The second kappa shape index (κ2) is 5.27. The van der Waals surface area contributed by atoms with E-state index < -0.39 is 15.8 Å². The van der Waals surface area contributed by atoms with E-state index in [9.17, 15) is 12.8 Å². The maximum atomic E-state index is 12.9. The molecule has 0 spiro atoms. The topological polar surface area (TPSA) is 37.4 Å². The summed E-state index contributed by atoms with van der Waals surface area (Å²) >= 11 is 1.57. The summed E-state index contributed by atoms with van der Waals surface area (Å²) in [7, 11) is -3.56. The second-order valence-corrected chi connectivity index (χ2v) is 7.45. The average molecular weight is 311 g/mol. The van der Waals surface area contributed by atoms with Gasteiger partial charge < -0.3 is 0 Å². The molecule has 1 aromatic carbocycles. The maximum Gasteiger partial charge on any atom is 0.243 e. The zero-order valence-corrected chi connectivity index (χ0v) is 12.3. The van der Waals surface area contributed by atoms with E-state index in [1.165, 1.54) is 28.6 Å². The van der Waals surface area contributed by atoms with Crippen LogP contribution in [0.4, 0.5) is 4.39 Å². The van der Waals surface area contributed by atoms with Gasteiger partial charge in [0.15, 0.2) is 0 Å². The van der Waals surface area contributed by atoms with Crippen molar-refractivity contribution in [1.82, 2.24) is 4.31 Å². The fourth-order valence-corrected chi connectivity index (χ4v) is 4.96. The molecular formula is C14H14FNO2S2. The maximum absolute atomic E-state index is 12.9. The van der Waals surface area contributed by atoms with Crippen molar-refractivity contribution >= 4 is 21.4 Å². The van der Waals surface area contributed by atoms with Gasteiger partial charge in [-0.1, -0.05) is 0 Å². The summed E-state index contributed by atoms with van der Waals surface area (Å²) in [4.78, 5) is 0.154. The molecule has 2 aromatic rings. The minimum atomic E-state index is -3.56. The van der Waals surface area contributed by atoms with Gasteiger partial charge in [0.05, 0.1) is 10.9 Å². The number of nitrogens with zero attached hydrogens (tertiary/aromatic N) is 1. The van der Waals surface area contributed by atoms with Crippen LogP contribution in [0.2, 0.25) is 0 Å². The Bertz CT molecular complexity index is 680. The van der Waals surface area contributed by atoms with E-state index in [2.05, 4.69) is 0 Å². The first-order valence-corrected chi connectivity index (χ1v) is 8.77. The van der Waals surface area contributed by atoms with Crippen molar-refractivity contribution in [2.75, 3.05) is 6.54 Å². The lowest BCUT2D eigenvalue weighted by atomic mass is 10.1. The van der Waals surface area contributed by atoms with E-state index in [0.29, 0.717) is 6.54 Å². The zero-order valence-electron chi connectivity index (χ0n) is 10.7. The summed E-state index contributed by atoms with van der Waals surface area (Å²) < 4.78 is 39.8. The van der Waals surface area contributed by atoms with Crippen molar-refractivity contribution in [3.63, 3.8) is 0 Å². The van der Waals surface area contributed by atoms with Gasteiger partial charge in [0.2, 0.25) is 10.0 Å². The Morgan fingerprint density at radius 2 is 1.95 bits per heavy atom. The number of hydrogen-bond donors (Lipinski definition) is 0. The minimum absolute atomic E-state index is 0.101. The summed E-state index contributed by atoms with van der Waals surface area (Å²) in [6.07, 6.45) is 1.68. The average Bonchev–Trinajstić information content (AvgIpc) is 3.10. The van der Waals surface area contributed by atoms with E-state index in [4.69, 9.17) is 0 Å². The molecule has 20 heavy (non-hydrogen) atoms. The van der Waals surface area contributed by atoms with Crippen molar-refractivity contribution < 1.29 is 12.8 Å². The predicted octanol–water partition coefficient (Wildman–Crippen LogP) is 3.41. The van der Waals surface area contributed by atoms with E-state index >= 15 is 0 Å². The van der Waals surface area contributed by atoms with Crippen molar-refractivity contribution in [3.8, 4) is 0 Å². The highest BCUT2D eigenvalue weighted by Gasteiger charge is 2.36. The molecule has 0 radical (unpaired) electrons. The summed E-state index contributed by atoms with van der Waals surface area (Å²) in [5, 5.41) is 3.94. The Kier molecular flexibility index (Phi) is 3.62. The number of rotatable bonds is 3. The molecule has 1 aromatic heterocycles. The highest BCUT2D eigenvalue weighted by molar-refractivity contribution is 7.89. The first-order chi connectivity index (χ1) is 9.59. The van der Waals surface area contributed by atoms with Gasteiger partial charge in [-0.25, -0.2) is 12.8 Å². The van der Waals surface area contributed by atoms with Crippen molar-refractivity contribution in [3.05, 3.63) is 52.5 Å². The van der Waals surface area contributed by atoms with Crippen molar-refractivity contribution in [2.24, 2.45) is 0 Å². The van der Waals surface area contributed by atoms with Crippen LogP contribution < -0.4 is 0 Å². The molecule has 3 nitrogen and oxygen atoms in total. The first-order valence-electron chi connectivity index (χ1n) is 6.38. The molecule has 0 aliphatic carbocycles. The van der Waals surface area contributed by atoms with Crippen molar-refractivity contribution in [1.29, 1.82) is 0 Å². The molecule has 1 saturated heterocycles. The fourth-order valence-electron chi connectivity index (χ4n) is 2.57. The standard InChI is InChI=1S/C14H14FNO2S2/c15-12-3-5-13(6-4-12)20(17,18)16-8-1-2-14(16)11-7-9-19-10-11/h3-7,9-10,14H,1-2,8H2. The minimum Gasteiger partial charge on any atom is -0.207 e. The van der Waals surface area contributed by atoms with E-state index in [1.54, 1.807) is 11.3 Å². The Labute approximate surface area is 121 Å². The van der Waals surface area contributed by atoms with Gasteiger partial charge in [-0.05, 0) is 59.5 Å². The molecule has 1 unspecified atom stereocenters. The first kappa shape index (κ1) is 13.7. The number of hydrogen-bond acceptors (Lipinski definition) is 3. The quantitative estimate of drug-likeness (QED) is 0.871. The molecule has 1 atom stereocenters. The summed E-state index contributed by atoms with van der Waals surface area (Å²) in [5.74, 6) is -0.431. The van der Waals surface area contributed by atoms with Gasteiger partial charge in [-0.2, -0.15) is 15.6 Å². The summed E-state index contributed by atoms with van der Waals surface area (Å²) in [5.41, 5.74) is 1.04. The van der Waals surface area contributed by atoms with Crippen LogP contribution in [-0.2, 0) is 10.0 Å². The van der Waals surface area contributed by atoms with Crippen LogP contribution >= 0.6 is 11.3 Å². The van der Waals surface area contributed by atoms with Gasteiger partial charge in [0.25, 0.3) is 0 Å². The highest BCUT2D eigenvalue weighted by atomic mass is 32.2. The third-order valence-electron chi connectivity index (χ3n) is 3.55. The Balaban J connectivity index is 1.96. The molecule has 3 rings (SSSR count). The number of sulfonamides is 1. The van der Waals surface area contributed by atoms with Gasteiger partial charge in [0.1, 0.15) is 5.82 Å². The van der Waals surface area contributed by atoms with E-state index in [-0.39, 0.29) is 10.9 Å². The molecule has 2 heterocycles. The molecule has 106 valence electrons. The summed E-state index contributed by atoms with van der Waals surface area (Å²) in [6, 6.07) is 6.89. The van der Waals surface area contributed by atoms with E-state index in [1.807, 2.05) is 16.8 Å².